The molecule has 2 rings (SSSR count). The number of hydrogen-bond acceptors (Lipinski definition) is 4. The molecule has 0 bridgehead atoms. The number of nitrogens with one attached hydrogen (secondary N) is 1. The van der Waals surface area contributed by atoms with Gasteiger partial charge in [0.05, 0.1) is 12.8 Å². The van der Waals surface area contributed by atoms with Crippen LogP contribution in [0.1, 0.15) is 12.5 Å². The number of benzene rings is 2. The van der Waals surface area contributed by atoms with Gasteiger partial charge < -0.3 is 9.47 Å². The van der Waals surface area contributed by atoms with Gasteiger partial charge in [-0.3, -0.25) is 4.79 Å². The van der Waals surface area contributed by atoms with Crippen LogP contribution in [0.5, 0.6) is 11.5 Å². The summed E-state index contributed by atoms with van der Waals surface area (Å²) in [6.07, 6.45) is 1.57. The largest absolute Gasteiger partial charge is 0.494 e. The van der Waals surface area contributed by atoms with E-state index in [2.05, 4.69) is 10.5 Å². The van der Waals surface area contributed by atoms with Crippen LogP contribution in [-0.2, 0) is 4.79 Å². The Morgan fingerprint density at radius 1 is 1.05 bits per heavy atom. The van der Waals surface area contributed by atoms with E-state index in [1.165, 1.54) is 0 Å². The molecule has 0 atom stereocenters. The zero-order chi connectivity index (χ0) is 15.6. The number of ether oxygens (including phenoxy) is 2. The Morgan fingerprint density at radius 3 is 2.41 bits per heavy atom. The van der Waals surface area contributed by atoms with Gasteiger partial charge in [0.1, 0.15) is 11.5 Å². The summed E-state index contributed by atoms with van der Waals surface area (Å²) in [6.45, 7) is 2.48. The monoisotopic (exact) mass is 298 g/mol. The van der Waals surface area contributed by atoms with Crippen molar-refractivity contribution in [2.45, 2.75) is 6.92 Å². The highest BCUT2D eigenvalue weighted by Gasteiger charge is 2.00. The Bertz CT molecular complexity index is 610. The average molecular weight is 298 g/mol. The molecule has 0 unspecified atom stereocenters. The van der Waals surface area contributed by atoms with E-state index in [1.54, 1.807) is 18.3 Å². The molecule has 0 aliphatic carbocycles. The maximum atomic E-state index is 11.6. The highest BCUT2D eigenvalue weighted by atomic mass is 16.5. The molecule has 5 nitrogen and oxygen atoms in total. The molecule has 1 amide bonds. The standard InChI is InChI=1S/C17H18N2O3/c1-2-21-16-10-8-14(9-11-16)12-18-19-17(20)13-22-15-6-4-3-5-7-15/h3-12H,2,13H2,1H3,(H,19,20)/b18-12-. The molecule has 0 heterocycles. The van der Waals surface area contributed by atoms with Crippen molar-refractivity contribution in [1.82, 2.24) is 5.43 Å². The minimum atomic E-state index is -0.314. The van der Waals surface area contributed by atoms with Gasteiger partial charge in [-0.1, -0.05) is 18.2 Å². The zero-order valence-electron chi connectivity index (χ0n) is 12.4. The summed E-state index contributed by atoms with van der Waals surface area (Å²) in [6, 6.07) is 16.6. The van der Waals surface area contributed by atoms with E-state index >= 15 is 0 Å². The highest BCUT2D eigenvalue weighted by molar-refractivity contribution is 5.83. The molecule has 0 spiro atoms. The van der Waals surface area contributed by atoms with Gasteiger partial charge in [-0.2, -0.15) is 5.10 Å². The van der Waals surface area contributed by atoms with Gasteiger partial charge >= 0.3 is 0 Å². The summed E-state index contributed by atoms with van der Waals surface area (Å²) in [7, 11) is 0. The highest BCUT2D eigenvalue weighted by Crippen LogP contribution is 2.10. The Hall–Kier alpha value is -2.82. The second kappa shape index (κ2) is 8.46. The smallest absolute Gasteiger partial charge is 0.277 e. The Balaban J connectivity index is 1.75. The van der Waals surface area contributed by atoms with Crippen LogP contribution in [0.4, 0.5) is 0 Å². The van der Waals surface area contributed by atoms with E-state index in [0.29, 0.717) is 12.4 Å². The third kappa shape index (κ3) is 5.28. The predicted octanol–water partition coefficient (Wildman–Crippen LogP) is 2.61. The summed E-state index contributed by atoms with van der Waals surface area (Å²) in [5.41, 5.74) is 3.28. The van der Waals surface area contributed by atoms with Crippen LogP contribution in [0.2, 0.25) is 0 Å². The van der Waals surface area contributed by atoms with Crippen molar-refractivity contribution in [3.8, 4) is 11.5 Å². The summed E-state index contributed by atoms with van der Waals surface area (Å²) in [5, 5.41) is 3.88. The molecular formula is C17H18N2O3. The first-order chi connectivity index (χ1) is 10.8. The number of hydrogen-bond donors (Lipinski definition) is 1. The topological polar surface area (TPSA) is 59.9 Å². The van der Waals surface area contributed by atoms with Crippen molar-refractivity contribution in [3.05, 3.63) is 60.2 Å². The number of carbonyl (C=O) groups is 1. The molecule has 0 fully saturated rings. The minimum Gasteiger partial charge on any atom is -0.494 e. The third-order valence-corrected chi connectivity index (χ3v) is 2.71. The van der Waals surface area contributed by atoms with Crippen LogP contribution in [0, 0.1) is 0 Å². The summed E-state index contributed by atoms with van der Waals surface area (Å²) in [5.74, 6) is 1.14. The normalized spacial score (nSPS) is 10.4. The molecular weight excluding hydrogens is 280 g/mol. The fraction of sp³-hybridized carbons (Fsp3) is 0.176. The number of carbonyl (C=O) groups excluding carboxylic acids is 1. The average Bonchev–Trinajstić information content (AvgIpc) is 2.56. The van der Waals surface area contributed by atoms with Crippen molar-refractivity contribution in [2.75, 3.05) is 13.2 Å². The molecule has 114 valence electrons. The molecule has 0 aliphatic heterocycles. The van der Waals surface area contributed by atoms with E-state index < -0.39 is 0 Å². The second-order valence-corrected chi connectivity index (χ2v) is 4.40. The molecule has 0 saturated carbocycles. The van der Waals surface area contributed by atoms with Crippen molar-refractivity contribution in [3.63, 3.8) is 0 Å². The van der Waals surface area contributed by atoms with Gasteiger partial charge in [-0.25, -0.2) is 5.43 Å². The first kappa shape index (κ1) is 15.6. The Kier molecular flexibility index (Phi) is 5.99. The van der Waals surface area contributed by atoms with Crippen molar-refractivity contribution < 1.29 is 14.3 Å². The molecule has 2 aromatic carbocycles. The van der Waals surface area contributed by atoms with Gasteiger partial charge in [0.15, 0.2) is 6.61 Å². The van der Waals surface area contributed by atoms with Crippen LogP contribution in [0.25, 0.3) is 0 Å². The predicted molar refractivity (Wildman–Crippen MR) is 85.3 cm³/mol. The van der Waals surface area contributed by atoms with Gasteiger partial charge in [-0.15, -0.1) is 0 Å². The van der Waals surface area contributed by atoms with E-state index in [0.717, 1.165) is 11.3 Å². The fourth-order valence-electron chi connectivity index (χ4n) is 1.69. The fourth-order valence-corrected chi connectivity index (χ4v) is 1.69. The summed E-state index contributed by atoms with van der Waals surface area (Å²) < 4.78 is 10.7. The zero-order valence-corrected chi connectivity index (χ0v) is 12.4. The minimum absolute atomic E-state index is 0.0787. The molecule has 0 aliphatic rings. The summed E-state index contributed by atoms with van der Waals surface area (Å²) in [4.78, 5) is 11.6. The number of hydrazone groups is 1. The van der Waals surface area contributed by atoms with Crippen LogP contribution in [0.15, 0.2) is 59.7 Å². The third-order valence-electron chi connectivity index (χ3n) is 2.71. The van der Waals surface area contributed by atoms with E-state index in [4.69, 9.17) is 9.47 Å². The first-order valence-electron chi connectivity index (χ1n) is 7.00. The SMILES string of the molecule is CCOc1ccc(/C=N\NC(=O)COc2ccccc2)cc1. The van der Waals surface area contributed by atoms with E-state index in [-0.39, 0.29) is 12.5 Å². The van der Waals surface area contributed by atoms with Crippen LogP contribution in [0.3, 0.4) is 0 Å². The van der Waals surface area contributed by atoms with E-state index in [1.807, 2.05) is 49.4 Å². The van der Waals surface area contributed by atoms with Crippen molar-refractivity contribution in [2.24, 2.45) is 5.10 Å². The number of rotatable bonds is 7. The van der Waals surface area contributed by atoms with Crippen molar-refractivity contribution in [1.29, 1.82) is 0 Å². The molecule has 0 aromatic heterocycles. The van der Waals surface area contributed by atoms with Gasteiger partial charge in [0.25, 0.3) is 5.91 Å². The maximum Gasteiger partial charge on any atom is 0.277 e. The summed E-state index contributed by atoms with van der Waals surface area (Å²) >= 11 is 0. The van der Waals surface area contributed by atoms with Crippen molar-refractivity contribution >= 4 is 12.1 Å². The lowest BCUT2D eigenvalue weighted by molar-refractivity contribution is -0.123. The second-order valence-electron chi connectivity index (χ2n) is 4.40. The van der Waals surface area contributed by atoms with E-state index in [9.17, 15) is 4.79 Å². The van der Waals surface area contributed by atoms with Crippen LogP contribution in [-0.4, -0.2) is 25.3 Å². The molecule has 5 heteroatoms. The number of nitrogens with zero attached hydrogens (tertiary/aromatic N) is 1. The quantitative estimate of drug-likeness (QED) is 0.631. The van der Waals surface area contributed by atoms with Gasteiger partial charge in [0.2, 0.25) is 0 Å². The molecule has 0 radical (unpaired) electrons. The van der Waals surface area contributed by atoms with Gasteiger partial charge in [0, 0.05) is 0 Å². The Morgan fingerprint density at radius 2 is 1.73 bits per heavy atom. The molecule has 1 N–H and O–H groups in total. The molecule has 2 aromatic rings. The van der Waals surface area contributed by atoms with Crippen LogP contribution >= 0.6 is 0 Å². The number of para-hydroxylation sites is 1. The number of amides is 1. The lowest BCUT2D eigenvalue weighted by Crippen LogP contribution is -2.24. The Labute approximate surface area is 129 Å². The first-order valence-corrected chi connectivity index (χ1v) is 7.00. The van der Waals surface area contributed by atoms with Gasteiger partial charge in [-0.05, 0) is 48.9 Å². The lowest BCUT2D eigenvalue weighted by Gasteiger charge is -2.04. The maximum absolute atomic E-state index is 11.6. The molecule has 0 saturated heterocycles. The van der Waals surface area contributed by atoms with Crippen LogP contribution < -0.4 is 14.9 Å². The molecule has 22 heavy (non-hydrogen) atoms. The lowest BCUT2D eigenvalue weighted by atomic mass is 10.2.